The van der Waals surface area contributed by atoms with Crippen LogP contribution in [0.2, 0.25) is 0 Å². The van der Waals surface area contributed by atoms with Crippen LogP contribution in [0.25, 0.3) is 0 Å². The highest BCUT2D eigenvalue weighted by molar-refractivity contribution is 7.15. The van der Waals surface area contributed by atoms with E-state index in [0.29, 0.717) is 11.6 Å². The van der Waals surface area contributed by atoms with Crippen molar-refractivity contribution in [1.82, 2.24) is 10.2 Å². The van der Waals surface area contributed by atoms with E-state index in [2.05, 4.69) is 15.5 Å². The second-order valence-corrected chi connectivity index (χ2v) is 5.01. The smallest absolute Gasteiger partial charge is 0.312 e. The molecule has 8 heteroatoms. The van der Waals surface area contributed by atoms with Gasteiger partial charge in [-0.25, -0.2) is 4.39 Å². The van der Waals surface area contributed by atoms with Crippen molar-refractivity contribution in [3.05, 3.63) is 40.7 Å². The van der Waals surface area contributed by atoms with E-state index in [9.17, 15) is 14.0 Å². The van der Waals surface area contributed by atoms with E-state index < -0.39 is 17.7 Å². The lowest BCUT2D eigenvalue weighted by Crippen LogP contribution is -2.11. The maximum absolute atomic E-state index is 13.0. The van der Waals surface area contributed by atoms with Gasteiger partial charge in [0.1, 0.15) is 10.8 Å². The molecule has 1 aromatic carbocycles. The quantitative estimate of drug-likeness (QED) is 0.855. The Balaban J connectivity index is 1.99. The number of rotatable bonds is 5. The summed E-state index contributed by atoms with van der Waals surface area (Å²) in [5, 5.41) is 10.7. The molecule has 6 nitrogen and oxygen atoms in total. The number of amides is 1. The summed E-state index contributed by atoms with van der Waals surface area (Å²) in [6.07, 6.45) is 0.00133. The highest BCUT2D eigenvalue weighted by atomic mass is 32.1. The topological polar surface area (TPSA) is 81.2 Å². The van der Waals surface area contributed by atoms with Gasteiger partial charge in [-0.05, 0) is 25.1 Å². The van der Waals surface area contributed by atoms with Crippen LogP contribution in [0.15, 0.2) is 24.3 Å². The van der Waals surface area contributed by atoms with Crippen LogP contribution in [-0.2, 0) is 16.0 Å². The molecule has 110 valence electrons. The number of benzene rings is 1. The summed E-state index contributed by atoms with van der Waals surface area (Å²) in [5.74, 6) is -1.40. The lowest BCUT2D eigenvalue weighted by Gasteiger charge is -2.00. The zero-order valence-electron chi connectivity index (χ0n) is 11.1. The van der Waals surface area contributed by atoms with E-state index >= 15 is 0 Å². The number of anilines is 1. The van der Waals surface area contributed by atoms with Crippen LogP contribution in [-0.4, -0.2) is 28.7 Å². The van der Waals surface area contributed by atoms with Gasteiger partial charge in [0.2, 0.25) is 5.13 Å². The number of hydrogen-bond donors (Lipinski definition) is 1. The van der Waals surface area contributed by atoms with Crippen LogP contribution in [0.1, 0.15) is 22.3 Å². The Kier molecular flexibility index (Phi) is 4.94. The van der Waals surface area contributed by atoms with Gasteiger partial charge in [-0.2, -0.15) is 0 Å². The van der Waals surface area contributed by atoms with Crippen molar-refractivity contribution in [2.75, 3.05) is 11.9 Å². The Hall–Kier alpha value is -2.35. The van der Waals surface area contributed by atoms with E-state index in [1.54, 1.807) is 6.92 Å². The van der Waals surface area contributed by atoms with Crippen LogP contribution in [0.5, 0.6) is 0 Å². The summed E-state index contributed by atoms with van der Waals surface area (Å²) in [6.45, 7) is 2.00. The summed E-state index contributed by atoms with van der Waals surface area (Å²) < 4.78 is 17.8. The molecule has 0 aliphatic heterocycles. The molecule has 0 radical (unpaired) electrons. The van der Waals surface area contributed by atoms with Gasteiger partial charge >= 0.3 is 5.97 Å². The molecule has 0 unspecified atom stereocenters. The second kappa shape index (κ2) is 6.89. The van der Waals surface area contributed by atoms with Crippen molar-refractivity contribution in [3.8, 4) is 0 Å². The van der Waals surface area contributed by atoms with Crippen LogP contribution < -0.4 is 5.32 Å². The third-order valence-electron chi connectivity index (χ3n) is 2.38. The molecule has 21 heavy (non-hydrogen) atoms. The fraction of sp³-hybridized carbons (Fsp3) is 0.231. The summed E-state index contributed by atoms with van der Waals surface area (Å²) in [7, 11) is 0. The van der Waals surface area contributed by atoms with Crippen molar-refractivity contribution >= 4 is 28.3 Å². The van der Waals surface area contributed by atoms with E-state index in [1.807, 2.05) is 0 Å². The van der Waals surface area contributed by atoms with Crippen LogP contribution in [0.4, 0.5) is 9.52 Å². The van der Waals surface area contributed by atoms with Gasteiger partial charge in [-0.1, -0.05) is 17.4 Å². The Morgan fingerprint density at radius 1 is 1.38 bits per heavy atom. The number of carbonyl (C=O) groups is 2. The molecular formula is C13H12FN3O3S. The Bertz CT molecular complexity index is 660. The number of aromatic nitrogens is 2. The van der Waals surface area contributed by atoms with E-state index in [0.717, 1.165) is 17.4 Å². The van der Waals surface area contributed by atoms with Gasteiger partial charge in [0.25, 0.3) is 5.91 Å². The molecule has 0 saturated carbocycles. The molecule has 0 fully saturated rings. The molecule has 0 saturated heterocycles. The average molecular weight is 309 g/mol. The number of esters is 1. The maximum atomic E-state index is 13.0. The van der Waals surface area contributed by atoms with Crippen LogP contribution >= 0.6 is 11.3 Å². The first-order valence-electron chi connectivity index (χ1n) is 6.13. The SMILES string of the molecule is CCOC(=O)Cc1nnc(NC(=O)c2cccc(F)c2)s1. The first kappa shape index (κ1) is 15.0. The first-order chi connectivity index (χ1) is 10.1. The third-order valence-corrected chi connectivity index (χ3v) is 3.21. The largest absolute Gasteiger partial charge is 0.466 e. The molecule has 2 aromatic rings. The minimum absolute atomic E-state index is 0.00133. The van der Waals surface area contributed by atoms with Gasteiger partial charge in [-0.3, -0.25) is 14.9 Å². The number of ether oxygens (including phenoxy) is 1. The predicted molar refractivity (Wildman–Crippen MR) is 74.6 cm³/mol. The third kappa shape index (κ3) is 4.32. The summed E-state index contributed by atoms with van der Waals surface area (Å²) in [4.78, 5) is 23.2. The van der Waals surface area contributed by atoms with Crippen molar-refractivity contribution in [2.45, 2.75) is 13.3 Å². The van der Waals surface area contributed by atoms with Gasteiger partial charge < -0.3 is 4.74 Å². The predicted octanol–water partition coefficient (Wildman–Crippen LogP) is 2.04. The van der Waals surface area contributed by atoms with E-state index in [4.69, 9.17) is 4.74 Å². The average Bonchev–Trinajstić information content (AvgIpc) is 2.86. The molecule has 2 rings (SSSR count). The lowest BCUT2D eigenvalue weighted by atomic mass is 10.2. The van der Waals surface area contributed by atoms with E-state index in [-0.39, 0.29) is 17.1 Å². The standard InChI is InChI=1S/C13H12FN3O3S/c1-2-20-11(18)7-10-16-17-13(21-10)15-12(19)8-4-3-5-9(14)6-8/h3-6H,2,7H2,1H3,(H,15,17,19). The number of halogens is 1. The second-order valence-electron chi connectivity index (χ2n) is 3.95. The lowest BCUT2D eigenvalue weighted by molar-refractivity contribution is -0.142. The Labute approximate surface area is 124 Å². The highest BCUT2D eigenvalue weighted by Gasteiger charge is 2.13. The van der Waals surface area contributed by atoms with Crippen molar-refractivity contribution < 1.29 is 18.7 Å². The first-order valence-corrected chi connectivity index (χ1v) is 6.95. The zero-order chi connectivity index (χ0) is 15.2. The molecule has 0 spiro atoms. The minimum Gasteiger partial charge on any atom is -0.466 e. The number of nitrogens with one attached hydrogen (secondary N) is 1. The molecule has 1 amide bonds. The van der Waals surface area contributed by atoms with Gasteiger partial charge in [-0.15, -0.1) is 10.2 Å². The number of hydrogen-bond acceptors (Lipinski definition) is 6. The molecular weight excluding hydrogens is 297 g/mol. The molecule has 0 atom stereocenters. The van der Waals surface area contributed by atoms with Crippen LogP contribution in [0.3, 0.4) is 0 Å². The van der Waals surface area contributed by atoms with Crippen LogP contribution in [0, 0.1) is 5.82 Å². The maximum Gasteiger partial charge on any atom is 0.312 e. The fourth-order valence-electron chi connectivity index (χ4n) is 1.51. The molecule has 0 aliphatic carbocycles. The number of nitrogens with zero attached hydrogens (tertiary/aromatic N) is 2. The molecule has 0 aliphatic rings. The highest BCUT2D eigenvalue weighted by Crippen LogP contribution is 2.17. The Morgan fingerprint density at radius 3 is 2.90 bits per heavy atom. The summed E-state index contributed by atoms with van der Waals surface area (Å²) in [5.41, 5.74) is 0.178. The molecule has 1 heterocycles. The van der Waals surface area contributed by atoms with Gasteiger partial charge in [0, 0.05) is 5.56 Å². The molecule has 1 aromatic heterocycles. The summed E-state index contributed by atoms with van der Waals surface area (Å²) in [6, 6.07) is 5.30. The normalized spacial score (nSPS) is 10.2. The van der Waals surface area contributed by atoms with Gasteiger partial charge in [0.15, 0.2) is 0 Å². The van der Waals surface area contributed by atoms with Crippen molar-refractivity contribution in [3.63, 3.8) is 0 Å². The summed E-state index contributed by atoms with van der Waals surface area (Å²) >= 11 is 1.07. The molecule has 0 bridgehead atoms. The minimum atomic E-state index is -0.497. The Morgan fingerprint density at radius 2 is 2.19 bits per heavy atom. The zero-order valence-corrected chi connectivity index (χ0v) is 11.9. The fourth-order valence-corrected chi connectivity index (χ4v) is 2.23. The van der Waals surface area contributed by atoms with E-state index in [1.165, 1.54) is 18.2 Å². The van der Waals surface area contributed by atoms with Crippen molar-refractivity contribution in [2.24, 2.45) is 0 Å². The molecule has 1 N–H and O–H groups in total. The number of carbonyl (C=O) groups excluding carboxylic acids is 2. The van der Waals surface area contributed by atoms with Crippen molar-refractivity contribution in [1.29, 1.82) is 0 Å². The monoisotopic (exact) mass is 309 g/mol. The van der Waals surface area contributed by atoms with Gasteiger partial charge in [0.05, 0.1) is 13.0 Å².